The van der Waals surface area contributed by atoms with Gasteiger partial charge in [-0.3, -0.25) is 4.79 Å². The van der Waals surface area contributed by atoms with Crippen LogP contribution in [0.25, 0.3) is 11.3 Å². The molecule has 1 saturated heterocycles. The van der Waals surface area contributed by atoms with E-state index in [1.54, 1.807) is 41.6 Å². The first kappa shape index (κ1) is 26.1. The number of ether oxygens (including phenoxy) is 2. The van der Waals surface area contributed by atoms with E-state index < -0.39 is 17.3 Å². The van der Waals surface area contributed by atoms with Crippen LogP contribution in [0.1, 0.15) is 55.6 Å². The number of hydrogen-bond donors (Lipinski definition) is 1. The van der Waals surface area contributed by atoms with Gasteiger partial charge in [-0.1, -0.05) is 0 Å². The summed E-state index contributed by atoms with van der Waals surface area (Å²) in [4.78, 5) is 31.7. The predicted molar refractivity (Wildman–Crippen MR) is 141 cm³/mol. The molecule has 0 unspecified atom stereocenters. The van der Waals surface area contributed by atoms with Crippen molar-refractivity contribution in [2.45, 2.75) is 45.1 Å². The van der Waals surface area contributed by atoms with Gasteiger partial charge in [-0.15, -0.1) is 0 Å². The summed E-state index contributed by atoms with van der Waals surface area (Å²) >= 11 is 0. The molecule has 0 saturated carbocycles. The number of likely N-dealkylation sites (tertiary alicyclic amines) is 1. The molecule has 0 atom stereocenters. The van der Waals surface area contributed by atoms with Crippen molar-refractivity contribution in [2.24, 2.45) is 0 Å². The lowest BCUT2D eigenvalue weighted by Gasteiger charge is -2.32. The fourth-order valence-electron chi connectivity index (χ4n) is 4.51. The number of benzene rings is 1. The third-order valence-electron chi connectivity index (χ3n) is 6.44. The summed E-state index contributed by atoms with van der Waals surface area (Å²) in [5.41, 5.74) is 0.930. The van der Waals surface area contributed by atoms with Crippen LogP contribution in [0.3, 0.4) is 0 Å². The summed E-state index contributed by atoms with van der Waals surface area (Å²) < 4.78 is 28.6. The highest BCUT2D eigenvalue weighted by Gasteiger charge is 2.30. The van der Waals surface area contributed by atoms with Crippen molar-refractivity contribution in [2.75, 3.05) is 25.5 Å². The molecule has 2 amide bonds. The minimum absolute atomic E-state index is 0.000502. The Balaban J connectivity index is 1.43. The van der Waals surface area contributed by atoms with Gasteiger partial charge in [0.05, 0.1) is 19.0 Å². The van der Waals surface area contributed by atoms with Crippen molar-refractivity contribution in [3.63, 3.8) is 0 Å². The summed E-state index contributed by atoms with van der Waals surface area (Å²) in [6, 6.07) is 7.89. The molecule has 3 aromatic heterocycles. The molecule has 11 nitrogen and oxygen atoms in total. The Morgan fingerprint density at radius 3 is 2.62 bits per heavy atom. The molecular weight excluding hydrogens is 505 g/mol. The number of piperidine rings is 1. The molecule has 1 fully saturated rings. The van der Waals surface area contributed by atoms with E-state index in [-0.39, 0.29) is 23.3 Å². The third kappa shape index (κ3) is 5.54. The summed E-state index contributed by atoms with van der Waals surface area (Å²) in [5, 5.41) is 11.7. The maximum absolute atomic E-state index is 15.1. The van der Waals surface area contributed by atoms with Gasteiger partial charge in [0, 0.05) is 43.5 Å². The highest BCUT2D eigenvalue weighted by molar-refractivity contribution is 6.07. The number of methoxy groups -OCH3 is 1. The molecule has 1 aliphatic heterocycles. The molecule has 0 spiro atoms. The zero-order chi connectivity index (χ0) is 27.7. The topological polar surface area (TPSA) is 116 Å². The van der Waals surface area contributed by atoms with Gasteiger partial charge in [-0.05, 0) is 51.8 Å². The van der Waals surface area contributed by atoms with E-state index in [1.165, 1.54) is 28.6 Å². The third-order valence-corrected chi connectivity index (χ3v) is 6.44. The maximum atomic E-state index is 15.1. The SMILES string of the molecule is COc1ccc(-n2nc(C3CCN(C(=O)OC(C)(C)C)CC3)cc2NC(=O)c2cnn3cccnc23)c(F)c1. The maximum Gasteiger partial charge on any atom is 0.410 e. The second-order valence-corrected chi connectivity index (χ2v) is 10.3. The fourth-order valence-corrected chi connectivity index (χ4v) is 4.51. The smallest absolute Gasteiger partial charge is 0.410 e. The lowest BCUT2D eigenvalue weighted by atomic mass is 9.94. The summed E-state index contributed by atoms with van der Waals surface area (Å²) in [7, 11) is 1.46. The molecule has 39 heavy (non-hydrogen) atoms. The molecule has 12 heteroatoms. The van der Waals surface area contributed by atoms with Gasteiger partial charge in [0.1, 0.15) is 28.4 Å². The highest BCUT2D eigenvalue weighted by Crippen LogP contribution is 2.32. The number of anilines is 1. The van der Waals surface area contributed by atoms with Crippen molar-refractivity contribution in [3.8, 4) is 11.4 Å². The average molecular weight is 536 g/mol. The van der Waals surface area contributed by atoms with Gasteiger partial charge in [-0.25, -0.2) is 23.4 Å². The Labute approximate surface area is 224 Å². The number of carbonyl (C=O) groups excluding carboxylic acids is 2. The van der Waals surface area contributed by atoms with Crippen molar-refractivity contribution in [3.05, 3.63) is 66.0 Å². The van der Waals surface area contributed by atoms with Gasteiger partial charge in [0.25, 0.3) is 5.91 Å². The van der Waals surface area contributed by atoms with E-state index in [2.05, 4.69) is 15.4 Å². The van der Waals surface area contributed by atoms with Crippen LogP contribution in [-0.4, -0.2) is 67.1 Å². The van der Waals surface area contributed by atoms with Gasteiger partial charge in [-0.2, -0.15) is 10.2 Å². The zero-order valence-corrected chi connectivity index (χ0v) is 22.2. The number of nitrogens with zero attached hydrogens (tertiary/aromatic N) is 6. The highest BCUT2D eigenvalue weighted by atomic mass is 19.1. The van der Waals surface area contributed by atoms with E-state index in [0.29, 0.717) is 48.8 Å². The molecule has 1 aromatic carbocycles. The standard InChI is InChI=1S/C27H30FN7O4/c1-27(2,3)39-26(37)33-12-8-17(9-13-33)21-15-23(35(32-21)22-7-6-18(38-4)14-20(22)28)31-25(36)19-16-30-34-11-5-10-29-24(19)34/h5-7,10-11,14-17H,8-9,12-13H2,1-4H3,(H,31,36). The van der Waals surface area contributed by atoms with Crippen LogP contribution >= 0.6 is 0 Å². The average Bonchev–Trinajstić information content (AvgIpc) is 3.52. The van der Waals surface area contributed by atoms with Crippen LogP contribution in [0, 0.1) is 5.82 Å². The molecule has 4 aromatic rings. The van der Waals surface area contributed by atoms with Gasteiger partial charge in [0.15, 0.2) is 11.5 Å². The minimum atomic E-state index is -0.571. The van der Waals surface area contributed by atoms with Crippen molar-refractivity contribution < 1.29 is 23.5 Å². The van der Waals surface area contributed by atoms with Gasteiger partial charge < -0.3 is 19.7 Å². The van der Waals surface area contributed by atoms with Crippen LogP contribution < -0.4 is 10.1 Å². The minimum Gasteiger partial charge on any atom is -0.497 e. The monoisotopic (exact) mass is 535 g/mol. The van der Waals surface area contributed by atoms with E-state index in [4.69, 9.17) is 14.6 Å². The Kier molecular flexibility index (Phi) is 6.94. The van der Waals surface area contributed by atoms with Crippen LogP contribution in [-0.2, 0) is 4.74 Å². The molecule has 4 heterocycles. The van der Waals surface area contributed by atoms with E-state index in [1.807, 2.05) is 20.8 Å². The predicted octanol–water partition coefficient (Wildman–Crippen LogP) is 4.43. The molecule has 0 bridgehead atoms. The van der Waals surface area contributed by atoms with Crippen LogP contribution in [0.2, 0.25) is 0 Å². The molecule has 0 aliphatic carbocycles. The first-order valence-electron chi connectivity index (χ1n) is 12.6. The number of fused-ring (bicyclic) bond motifs is 1. The van der Waals surface area contributed by atoms with Crippen LogP contribution in [0.15, 0.2) is 48.9 Å². The van der Waals surface area contributed by atoms with Gasteiger partial charge in [0.2, 0.25) is 0 Å². The Morgan fingerprint density at radius 1 is 1.15 bits per heavy atom. The van der Waals surface area contributed by atoms with E-state index in [0.717, 1.165) is 0 Å². The number of halogens is 1. The first-order valence-corrected chi connectivity index (χ1v) is 12.6. The fraction of sp³-hybridized carbons (Fsp3) is 0.370. The largest absolute Gasteiger partial charge is 0.497 e. The van der Waals surface area contributed by atoms with Crippen molar-refractivity contribution in [1.29, 1.82) is 0 Å². The van der Waals surface area contributed by atoms with Crippen molar-refractivity contribution in [1.82, 2.24) is 29.3 Å². The quantitative estimate of drug-likeness (QED) is 0.402. The summed E-state index contributed by atoms with van der Waals surface area (Å²) in [5.74, 6) is -0.354. The zero-order valence-electron chi connectivity index (χ0n) is 22.2. The first-order chi connectivity index (χ1) is 18.6. The summed E-state index contributed by atoms with van der Waals surface area (Å²) in [6.45, 7) is 6.50. The Morgan fingerprint density at radius 2 is 1.92 bits per heavy atom. The van der Waals surface area contributed by atoms with Gasteiger partial charge >= 0.3 is 6.09 Å². The normalized spacial score (nSPS) is 14.4. The molecule has 1 N–H and O–H groups in total. The molecule has 1 aliphatic rings. The number of nitrogens with one attached hydrogen (secondary N) is 1. The number of hydrogen-bond acceptors (Lipinski definition) is 7. The number of carbonyl (C=O) groups is 2. The second kappa shape index (κ2) is 10.4. The lowest BCUT2D eigenvalue weighted by Crippen LogP contribution is -2.41. The van der Waals surface area contributed by atoms with Crippen LogP contribution in [0.4, 0.5) is 15.0 Å². The molecule has 0 radical (unpaired) electrons. The number of amides is 2. The molecule has 204 valence electrons. The second-order valence-electron chi connectivity index (χ2n) is 10.3. The van der Waals surface area contributed by atoms with E-state index >= 15 is 4.39 Å². The lowest BCUT2D eigenvalue weighted by molar-refractivity contribution is 0.0204. The van der Waals surface area contributed by atoms with E-state index in [9.17, 15) is 9.59 Å². The van der Waals surface area contributed by atoms with Crippen LogP contribution in [0.5, 0.6) is 5.75 Å². The Bertz CT molecular complexity index is 1520. The molecule has 5 rings (SSSR count). The number of aromatic nitrogens is 5. The number of rotatable bonds is 5. The summed E-state index contributed by atoms with van der Waals surface area (Å²) in [6.07, 6.45) is 5.64. The molecular formula is C27H30FN7O4. The Hall–Kier alpha value is -4.48. The van der Waals surface area contributed by atoms with Crippen molar-refractivity contribution >= 4 is 23.5 Å².